The molecule has 0 saturated heterocycles. The summed E-state index contributed by atoms with van der Waals surface area (Å²) in [6.45, 7) is 19.1. The molecule has 1 aromatic heterocycles. The SMILES string of the molecule is C=C.C=C.Cc1ccc2c(c1)CN(C)[C@H](Cc1ccccc1)CN2Cc1cncn1C.Cc1ccccc1. The summed E-state index contributed by atoms with van der Waals surface area (Å²) in [5.74, 6) is 0. The van der Waals surface area contributed by atoms with Crippen LogP contribution in [0.5, 0.6) is 0 Å². The number of anilines is 1. The van der Waals surface area contributed by atoms with E-state index in [-0.39, 0.29) is 0 Å². The van der Waals surface area contributed by atoms with Gasteiger partial charge in [0.2, 0.25) is 0 Å². The van der Waals surface area contributed by atoms with Crippen LogP contribution < -0.4 is 4.90 Å². The summed E-state index contributed by atoms with van der Waals surface area (Å²) in [7, 11) is 4.33. The Balaban J connectivity index is 0.000000391. The number of aromatic nitrogens is 2. The second-order valence-corrected chi connectivity index (χ2v) is 9.42. The molecular formula is C34H44N4. The lowest BCUT2D eigenvalue weighted by Crippen LogP contribution is -2.40. The van der Waals surface area contributed by atoms with Gasteiger partial charge in [-0.1, -0.05) is 83.9 Å². The molecule has 3 aromatic carbocycles. The topological polar surface area (TPSA) is 24.3 Å². The first-order chi connectivity index (χ1) is 18.5. The summed E-state index contributed by atoms with van der Waals surface area (Å²) in [6, 6.07) is 28.4. The van der Waals surface area contributed by atoms with Crippen molar-refractivity contribution in [2.75, 3.05) is 18.5 Å². The molecule has 200 valence electrons. The minimum Gasteiger partial charge on any atom is -0.364 e. The van der Waals surface area contributed by atoms with Crippen molar-refractivity contribution in [1.29, 1.82) is 0 Å². The van der Waals surface area contributed by atoms with Gasteiger partial charge >= 0.3 is 0 Å². The number of benzene rings is 3. The molecule has 0 N–H and O–H groups in total. The zero-order chi connectivity index (χ0) is 27.9. The molecule has 4 nitrogen and oxygen atoms in total. The molecule has 4 aromatic rings. The Labute approximate surface area is 230 Å². The number of imidazole rings is 1. The van der Waals surface area contributed by atoms with Crippen molar-refractivity contribution in [1.82, 2.24) is 14.5 Å². The van der Waals surface area contributed by atoms with Gasteiger partial charge in [0.1, 0.15) is 0 Å². The van der Waals surface area contributed by atoms with Crippen molar-refractivity contribution in [3.63, 3.8) is 0 Å². The summed E-state index contributed by atoms with van der Waals surface area (Å²) in [4.78, 5) is 9.35. The molecule has 1 aliphatic heterocycles. The highest BCUT2D eigenvalue weighted by Crippen LogP contribution is 2.30. The first kappa shape index (κ1) is 30.3. The summed E-state index contributed by atoms with van der Waals surface area (Å²) in [5.41, 5.74) is 8.05. The monoisotopic (exact) mass is 508 g/mol. The van der Waals surface area contributed by atoms with E-state index in [1.165, 1.54) is 33.6 Å². The Morgan fingerprint density at radius 2 is 1.45 bits per heavy atom. The maximum absolute atomic E-state index is 4.31. The van der Waals surface area contributed by atoms with Gasteiger partial charge in [-0.2, -0.15) is 0 Å². The fourth-order valence-corrected chi connectivity index (χ4v) is 4.56. The molecule has 1 atom stereocenters. The molecule has 0 amide bonds. The van der Waals surface area contributed by atoms with E-state index in [4.69, 9.17) is 0 Å². The van der Waals surface area contributed by atoms with Gasteiger partial charge in [-0.25, -0.2) is 4.98 Å². The second kappa shape index (κ2) is 16.1. The van der Waals surface area contributed by atoms with Crippen LogP contribution in [0, 0.1) is 13.8 Å². The Morgan fingerprint density at radius 1 is 0.816 bits per heavy atom. The highest BCUT2D eigenvalue weighted by molar-refractivity contribution is 5.56. The van der Waals surface area contributed by atoms with Crippen molar-refractivity contribution < 1.29 is 0 Å². The van der Waals surface area contributed by atoms with Crippen molar-refractivity contribution >= 4 is 5.69 Å². The Hall–Kier alpha value is -3.89. The van der Waals surface area contributed by atoms with Gasteiger partial charge < -0.3 is 9.47 Å². The number of hydrogen-bond acceptors (Lipinski definition) is 3. The average Bonchev–Trinajstić information content (AvgIpc) is 3.30. The number of fused-ring (bicyclic) bond motifs is 1. The zero-order valence-electron chi connectivity index (χ0n) is 23.7. The first-order valence-electron chi connectivity index (χ1n) is 13.0. The number of rotatable bonds is 4. The van der Waals surface area contributed by atoms with Gasteiger partial charge in [0.25, 0.3) is 0 Å². The van der Waals surface area contributed by atoms with E-state index in [0.717, 1.165) is 26.1 Å². The van der Waals surface area contributed by atoms with Crippen LogP contribution in [-0.2, 0) is 26.6 Å². The lowest BCUT2D eigenvalue weighted by Gasteiger charge is -2.30. The third kappa shape index (κ3) is 8.89. The van der Waals surface area contributed by atoms with Gasteiger partial charge in [-0.15, -0.1) is 26.3 Å². The summed E-state index contributed by atoms with van der Waals surface area (Å²) < 4.78 is 2.12. The van der Waals surface area contributed by atoms with E-state index < -0.39 is 0 Å². The van der Waals surface area contributed by atoms with E-state index in [1.807, 2.05) is 30.7 Å². The van der Waals surface area contributed by atoms with Crippen LogP contribution in [0.25, 0.3) is 0 Å². The molecule has 0 saturated carbocycles. The standard InChI is InChI=1S/C23H28N4.C7H8.2C2H4/c1-18-9-10-23-20(11-18)14-25(2)21(12-19-7-5-4-6-8-19)15-27(23)16-22-13-24-17-26(22)3;1-7-5-3-2-4-6-7;2*1-2/h4-11,13,17,21H,12,14-16H2,1-3H3;2-6H,1H3;2*1-2H2/t21-;;;/m1.../s1. The number of hydrogen-bond donors (Lipinski definition) is 0. The second-order valence-electron chi connectivity index (χ2n) is 9.42. The molecule has 4 heteroatoms. The minimum absolute atomic E-state index is 0.466. The van der Waals surface area contributed by atoms with Gasteiger partial charge in [0.15, 0.2) is 0 Å². The molecular weight excluding hydrogens is 464 g/mol. The molecule has 0 bridgehead atoms. The van der Waals surface area contributed by atoms with E-state index in [2.05, 4.69) is 134 Å². The maximum atomic E-state index is 4.31. The Kier molecular flexibility index (Phi) is 12.8. The third-order valence-corrected chi connectivity index (χ3v) is 6.57. The Morgan fingerprint density at radius 3 is 2.00 bits per heavy atom. The van der Waals surface area contributed by atoms with Gasteiger partial charge in [0, 0.05) is 38.1 Å². The van der Waals surface area contributed by atoms with E-state index in [0.29, 0.717) is 6.04 Å². The third-order valence-electron chi connectivity index (χ3n) is 6.57. The quantitative estimate of drug-likeness (QED) is 0.269. The molecule has 1 aliphatic rings. The lowest BCUT2D eigenvalue weighted by atomic mass is 10.0. The fourth-order valence-electron chi connectivity index (χ4n) is 4.56. The van der Waals surface area contributed by atoms with Crippen LogP contribution in [0.15, 0.2) is 118 Å². The van der Waals surface area contributed by atoms with Crippen molar-refractivity contribution in [2.45, 2.75) is 39.4 Å². The molecule has 0 spiro atoms. The summed E-state index contributed by atoms with van der Waals surface area (Å²) >= 11 is 0. The molecule has 0 fully saturated rings. The van der Waals surface area contributed by atoms with Crippen LogP contribution in [0.1, 0.15) is 27.9 Å². The zero-order valence-corrected chi connectivity index (χ0v) is 23.7. The normalized spacial score (nSPS) is 14.3. The highest BCUT2D eigenvalue weighted by Gasteiger charge is 2.26. The molecule has 0 radical (unpaired) electrons. The largest absolute Gasteiger partial charge is 0.364 e. The number of likely N-dealkylation sites (N-methyl/N-ethyl adjacent to an activating group) is 1. The number of nitrogens with zero attached hydrogens (tertiary/aromatic N) is 4. The van der Waals surface area contributed by atoms with Crippen LogP contribution in [0.2, 0.25) is 0 Å². The predicted molar refractivity (Wildman–Crippen MR) is 165 cm³/mol. The highest BCUT2D eigenvalue weighted by atomic mass is 15.2. The first-order valence-corrected chi connectivity index (χ1v) is 13.0. The Bertz CT molecular complexity index is 1200. The average molecular weight is 509 g/mol. The van der Waals surface area contributed by atoms with Gasteiger partial charge in [-0.05, 0) is 44.5 Å². The summed E-state index contributed by atoms with van der Waals surface area (Å²) in [5, 5.41) is 0. The lowest BCUT2D eigenvalue weighted by molar-refractivity contribution is 0.240. The van der Waals surface area contributed by atoms with Gasteiger partial charge in [-0.3, -0.25) is 4.90 Å². The molecule has 38 heavy (non-hydrogen) atoms. The van der Waals surface area contributed by atoms with Crippen LogP contribution in [-0.4, -0.2) is 34.1 Å². The van der Waals surface area contributed by atoms with Crippen molar-refractivity contribution in [3.05, 3.63) is 146 Å². The van der Waals surface area contributed by atoms with Crippen molar-refractivity contribution in [2.24, 2.45) is 7.05 Å². The van der Waals surface area contributed by atoms with Crippen LogP contribution >= 0.6 is 0 Å². The fraction of sp³-hybridized carbons (Fsp3) is 0.265. The van der Waals surface area contributed by atoms with Gasteiger partial charge in [0.05, 0.1) is 18.6 Å². The van der Waals surface area contributed by atoms with Crippen LogP contribution in [0.4, 0.5) is 5.69 Å². The minimum atomic E-state index is 0.466. The summed E-state index contributed by atoms with van der Waals surface area (Å²) in [6.07, 6.45) is 4.93. The van der Waals surface area contributed by atoms with Crippen molar-refractivity contribution in [3.8, 4) is 0 Å². The van der Waals surface area contributed by atoms with E-state index in [9.17, 15) is 0 Å². The maximum Gasteiger partial charge on any atom is 0.0946 e. The van der Waals surface area contributed by atoms with E-state index >= 15 is 0 Å². The predicted octanol–water partition coefficient (Wildman–Crippen LogP) is 7.39. The van der Waals surface area contributed by atoms with Crippen LogP contribution in [0.3, 0.4) is 0 Å². The molecule has 0 aliphatic carbocycles. The smallest absolute Gasteiger partial charge is 0.0946 e. The number of aryl methyl sites for hydroxylation is 3. The molecule has 0 unspecified atom stereocenters. The molecule has 2 heterocycles. The van der Waals surface area contributed by atoms with E-state index in [1.54, 1.807) is 0 Å². The molecule has 5 rings (SSSR count).